The summed E-state index contributed by atoms with van der Waals surface area (Å²) in [5.74, 6) is -0.972. The second kappa shape index (κ2) is 5.92. The molecule has 2 aromatic rings. The van der Waals surface area contributed by atoms with Crippen molar-refractivity contribution >= 4 is 34.1 Å². The summed E-state index contributed by atoms with van der Waals surface area (Å²) < 4.78 is 9.53. The Morgan fingerprint density at radius 3 is 2.35 bits per heavy atom. The maximum Gasteiger partial charge on any atom is 0.376 e. The first-order chi connectivity index (χ1) is 9.56. The number of ether oxygens (including phenoxy) is 2. The van der Waals surface area contributed by atoms with E-state index < -0.39 is 17.1 Å². The van der Waals surface area contributed by atoms with E-state index in [1.165, 1.54) is 0 Å². The molecule has 1 unspecified atom stereocenters. The molecule has 0 radical (unpaired) electrons. The third-order valence-corrected chi connectivity index (χ3v) is 3.43. The first-order valence-corrected chi connectivity index (χ1v) is 6.34. The molecule has 0 bridgehead atoms. The predicted octanol–water partition coefficient (Wildman–Crippen LogP) is 2.87. The third-order valence-electron chi connectivity index (χ3n) is 2.98. The molecule has 0 aromatic heterocycles. The number of benzene rings is 2. The number of hydrogen-bond donors (Lipinski definition) is 0. The summed E-state index contributed by atoms with van der Waals surface area (Å²) in [6.45, 7) is 0. The molecule has 0 fully saturated rings. The summed E-state index contributed by atoms with van der Waals surface area (Å²) in [5.41, 5.74) is 0.555. The van der Waals surface area contributed by atoms with Crippen molar-refractivity contribution in [1.82, 2.24) is 0 Å². The standard InChI is InChI=1S/C15H13ClO4/c1-19-12-6-5-9-7-11(4-3-10(9)8-12)13(16)14(17)15(18)20-2/h3-8,13H,1-2H3. The smallest absolute Gasteiger partial charge is 0.376 e. The van der Waals surface area contributed by atoms with Gasteiger partial charge in [-0.1, -0.05) is 18.2 Å². The zero-order valence-corrected chi connectivity index (χ0v) is 11.8. The van der Waals surface area contributed by atoms with Crippen LogP contribution in [0.2, 0.25) is 0 Å². The number of carbonyl (C=O) groups is 2. The number of ketones is 1. The van der Waals surface area contributed by atoms with E-state index in [1.807, 2.05) is 24.3 Å². The SMILES string of the molecule is COC(=O)C(=O)C(Cl)c1ccc2cc(OC)ccc2c1. The molecule has 4 nitrogen and oxygen atoms in total. The molecule has 2 rings (SSSR count). The van der Waals surface area contributed by atoms with E-state index in [0.29, 0.717) is 5.56 Å². The monoisotopic (exact) mass is 292 g/mol. The van der Waals surface area contributed by atoms with E-state index in [9.17, 15) is 9.59 Å². The first kappa shape index (κ1) is 14.3. The lowest BCUT2D eigenvalue weighted by Crippen LogP contribution is -2.20. The minimum atomic E-state index is -1.05. The van der Waals surface area contributed by atoms with E-state index in [1.54, 1.807) is 19.2 Å². The van der Waals surface area contributed by atoms with Gasteiger partial charge in [0.05, 0.1) is 14.2 Å². The van der Waals surface area contributed by atoms with Gasteiger partial charge in [-0.2, -0.15) is 0 Å². The fraction of sp³-hybridized carbons (Fsp3) is 0.200. The number of fused-ring (bicyclic) bond motifs is 1. The van der Waals surface area contributed by atoms with Gasteiger partial charge < -0.3 is 9.47 Å². The number of carbonyl (C=O) groups excluding carboxylic acids is 2. The highest BCUT2D eigenvalue weighted by Crippen LogP contribution is 2.27. The average molecular weight is 293 g/mol. The van der Waals surface area contributed by atoms with Crippen LogP contribution in [-0.4, -0.2) is 26.0 Å². The van der Waals surface area contributed by atoms with Crippen LogP contribution in [0.4, 0.5) is 0 Å². The van der Waals surface area contributed by atoms with E-state index in [2.05, 4.69) is 4.74 Å². The molecule has 0 saturated heterocycles. The van der Waals surface area contributed by atoms with Gasteiger partial charge in [0.25, 0.3) is 5.78 Å². The van der Waals surface area contributed by atoms with Crippen molar-refractivity contribution in [3.05, 3.63) is 42.0 Å². The van der Waals surface area contributed by atoms with Gasteiger partial charge in [-0.05, 0) is 34.5 Å². The maximum atomic E-state index is 11.7. The second-order valence-electron chi connectivity index (χ2n) is 4.19. The van der Waals surface area contributed by atoms with Crippen molar-refractivity contribution < 1.29 is 19.1 Å². The van der Waals surface area contributed by atoms with Gasteiger partial charge in [-0.3, -0.25) is 4.79 Å². The molecule has 5 heteroatoms. The van der Waals surface area contributed by atoms with Crippen LogP contribution in [0.5, 0.6) is 5.75 Å². The lowest BCUT2D eigenvalue weighted by molar-refractivity contribution is -0.151. The Morgan fingerprint density at radius 1 is 1.05 bits per heavy atom. The number of alkyl halides is 1. The Balaban J connectivity index is 2.36. The number of halogens is 1. The quantitative estimate of drug-likeness (QED) is 0.494. The summed E-state index contributed by atoms with van der Waals surface area (Å²) >= 11 is 6.01. The van der Waals surface area contributed by atoms with Crippen LogP contribution >= 0.6 is 11.6 Å². The zero-order chi connectivity index (χ0) is 14.7. The van der Waals surface area contributed by atoms with Crippen LogP contribution in [0.25, 0.3) is 10.8 Å². The van der Waals surface area contributed by atoms with E-state index in [0.717, 1.165) is 23.6 Å². The van der Waals surface area contributed by atoms with Crippen molar-refractivity contribution in [1.29, 1.82) is 0 Å². The number of hydrogen-bond acceptors (Lipinski definition) is 4. The number of Topliss-reactive ketones (excluding diaryl/α,β-unsaturated/α-hetero) is 1. The van der Waals surface area contributed by atoms with Crippen molar-refractivity contribution in [3.63, 3.8) is 0 Å². The number of rotatable bonds is 4. The summed E-state index contributed by atoms with van der Waals surface area (Å²) in [6.07, 6.45) is 0. The molecule has 0 amide bonds. The van der Waals surface area contributed by atoms with Crippen molar-refractivity contribution in [2.75, 3.05) is 14.2 Å². The molecule has 2 aromatic carbocycles. The fourth-order valence-electron chi connectivity index (χ4n) is 1.88. The molecule has 0 spiro atoms. The highest BCUT2D eigenvalue weighted by molar-refractivity contribution is 6.47. The molecule has 20 heavy (non-hydrogen) atoms. The van der Waals surface area contributed by atoms with Gasteiger partial charge in [0.1, 0.15) is 11.1 Å². The Labute approximate surface area is 121 Å². The zero-order valence-electron chi connectivity index (χ0n) is 11.1. The largest absolute Gasteiger partial charge is 0.497 e. The molecular weight excluding hydrogens is 280 g/mol. The summed E-state index contributed by atoms with van der Waals surface area (Å²) in [6, 6.07) is 10.9. The van der Waals surface area contributed by atoms with Crippen LogP contribution in [0.3, 0.4) is 0 Å². The second-order valence-corrected chi connectivity index (χ2v) is 4.63. The molecule has 0 aliphatic heterocycles. The van der Waals surface area contributed by atoms with Gasteiger partial charge >= 0.3 is 5.97 Å². The van der Waals surface area contributed by atoms with E-state index in [-0.39, 0.29) is 0 Å². The Morgan fingerprint density at radius 2 is 1.70 bits per heavy atom. The van der Waals surface area contributed by atoms with Crippen molar-refractivity contribution in [2.45, 2.75) is 5.38 Å². The van der Waals surface area contributed by atoms with Crippen molar-refractivity contribution in [3.8, 4) is 5.75 Å². The maximum absolute atomic E-state index is 11.7. The molecular formula is C15H13ClO4. The molecule has 0 N–H and O–H groups in total. The summed E-state index contributed by atoms with van der Waals surface area (Å²) in [5, 5.41) is 0.822. The highest BCUT2D eigenvalue weighted by atomic mass is 35.5. The van der Waals surface area contributed by atoms with Gasteiger partial charge in [0.15, 0.2) is 0 Å². The van der Waals surface area contributed by atoms with Crippen molar-refractivity contribution in [2.24, 2.45) is 0 Å². The Bertz CT molecular complexity index is 666. The van der Waals surface area contributed by atoms with Crippen LogP contribution < -0.4 is 4.74 Å². The van der Waals surface area contributed by atoms with Gasteiger partial charge in [0, 0.05) is 0 Å². The lowest BCUT2D eigenvalue weighted by atomic mass is 10.0. The normalized spacial score (nSPS) is 11.9. The lowest BCUT2D eigenvalue weighted by Gasteiger charge is -2.09. The molecule has 0 aliphatic rings. The third kappa shape index (κ3) is 2.75. The van der Waals surface area contributed by atoms with Crippen LogP contribution in [0.15, 0.2) is 36.4 Å². The van der Waals surface area contributed by atoms with Crippen LogP contribution in [0, 0.1) is 0 Å². The fourth-order valence-corrected chi connectivity index (χ4v) is 2.11. The highest BCUT2D eigenvalue weighted by Gasteiger charge is 2.25. The minimum absolute atomic E-state index is 0.555. The van der Waals surface area contributed by atoms with Crippen LogP contribution in [0.1, 0.15) is 10.9 Å². The molecule has 0 saturated carbocycles. The molecule has 104 valence electrons. The minimum Gasteiger partial charge on any atom is -0.497 e. The average Bonchev–Trinajstić information content (AvgIpc) is 2.51. The van der Waals surface area contributed by atoms with Gasteiger partial charge in [-0.15, -0.1) is 11.6 Å². The summed E-state index contributed by atoms with van der Waals surface area (Å²) in [4.78, 5) is 22.9. The Kier molecular flexibility index (Phi) is 4.25. The number of esters is 1. The van der Waals surface area contributed by atoms with Gasteiger partial charge in [-0.25, -0.2) is 4.79 Å². The van der Waals surface area contributed by atoms with E-state index >= 15 is 0 Å². The van der Waals surface area contributed by atoms with Gasteiger partial charge in [0.2, 0.25) is 0 Å². The number of methoxy groups -OCH3 is 2. The topological polar surface area (TPSA) is 52.6 Å². The molecule has 1 atom stereocenters. The van der Waals surface area contributed by atoms with Crippen LogP contribution in [-0.2, 0) is 14.3 Å². The predicted molar refractivity (Wildman–Crippen MR) is 76.1 cm³/mol. The first-order valence-electron chi connectivity index (χ1n) is 5.90. The van der Waals surface area contributed by atoms with E-state index in [4.69, 9.17) is 16.3 Å². The summed E-state index contributed by atoms with van der Waals surface area (Å²) in [7, 11) is 2.75. The molecule has 0 heterocycles. The molecule has 0 aliphatic carbocycles. The Hall–Kier alpha value is -2.07.